The molecule has 0 aliphatic carbocycles. The Morgan fingerprint density at radius 2 is 1.91 bits per heavy atom. The molecule has 2 N–H and O–H groups in total. The number of carbonyl (C=O) groups is 2. The molecule has 0 unspecified atom stereocenters. The van der Waals surface area contributed by atoms with E-state index in [4.69, 9.17) is 10.4 Å². The van der Waals surface area contributed by atoms with Crippen LogP contribution in [-0.2, 0) is 6.18 Å². The molecule has 1 aromatic heterocycles. The molecule has 2 amide bonds. The molecule has 1 saturated heterocycles. The number of amides is 2. The van der Waals surface area contributed by atoms with Crippen molar-refractivity contribution in [3.8, 4) is 6.07 Å². The molecule has 1 aliphatic heterocycles. The van der Waals surface area contributed by atoms with Gasteiger partial charge in [-0.1, -0.05) is 0 Å². The number of alkyl halides is 3. The summed E-state index contributed by atoms with van der Waals surface area (Å²) >= 11 is 0. The molecule has 11 heteroatoms. The lowest BCUT2D eigenvalue weighted by molar-refractivity contribution is -0.137. The molecule has 0 radical (unpaired) electrons. The predicted octanol–water partition coefficient (Wildman–Crippen LogP) is 3.80. The van der Waals surface area contributed by atoms with Gasteiger partial charge in [-0.15, -0.1) is 0 Å². The minimum absolute atomic E-state index is 0.153. The van der Waals surface area contributed by atoms with Crippen LogP contribution in [0.15, 0.2) is 36.5 Å². The Kier molecular flexibility index (Phi) is 6.25. The van der Waals surface area contributed by atoms with E-state index in [1.54, 1.807) is 29.7 Å². The number of nitrogens with one attached hydrogen (secondary N) is 1. The lowest BCUT2D eigenvalue weighted by Gasteiger charge is -2.45. The lowest BCUT2D eigenvalue weighted by Crippen LogP contribution is -2.59. The summed E-state index contributed by atoms with van der Waals surface area (Å²) in [6, 6.07) is 6.81. The number of hydrogen-bond acceptors (Lipinski definition) is 5. The van der Waals surface area contributed by atoms with Crippen LogP contribution in [0.25, 0.3) is 0 Å². The van der Waals surface area contributed by atoms with Gasteiger partial charge in [-0.2, -0.15) is 18.4 Å². The smallest absolute Gasteiger partial charge is 0.417 e. The van der Waals surface area contributed by atoms with Crippen molar-refractivity contribution in [2.45, 2.75) is 32.1 Å². The molecule has 32 heavy (non-hydrogen) atoms. The number of urea groups is 1. The zero-order valence-electron chi connectivity index (χ0n) is 17.2. The summed E-state index contributed by atoms with van der Waals surface area (Å²) in [6.45, 7) is 4.10. The first-order valence-electron chi connectivity index (χ1n) is 9.66. The van der Waals surface area contributed by atoms with Crippen LogP contribution < -0.4 is 10.2 Å². The van der Waals surface area contributed by atoms with Crippen molar-refractivity contribution in [3.63, 3.8) is 0 Å². The highest BCUT2D eigenvalue weighted by Gasteiger charge is 2.36. The summed E-state index contributed by atoms with van der Waals surface area (Å²) in [5.41, 5.74) is -0.940. The van der Waals surface area contributed by atoms with Gasteiger partial charge in [0.25, 0.3) is 0 Å². The van der Waals surface area contributed by atoms with Crippen LogP contribution in [0.1, 0.15) is 35.5 Å². The molecule has 2 aromatic rings. The lowest BCUT2D eigenvalue weighted by atomic mass is 10.0. The molecule has 0 bridgehead atoms. The minimum atomic E-state index is -4.65. The summed E-state index contributed by atoms with van der Waals surface area (Å²) in [6.07, 6.45) is -3.41. The summed E-state index contributed by atoms with van der Waals surface area (Å²) < 4.78 is 40.0. The van der Waals surface area contributed by atoms with Crippen LogP contribution in [0.4, 0.5) is 29.3 Å². The number of hydrogen-bond donors (Lipinski definition) is 2. The third-order valence-electron chi connectivity index (χ3n) is 5.24. The molecule has 1 aliphatic rings. The van der Waals surface area contributed by atoms with Gasteiger partial charge in [0, 0.05) is 30.9 Å². The van der Waals surface area contributed by atoms with Gasteiger partial charge in [-0.3, -0.25) is 0 Å². The molecule has 3 rings (SSSR count). The first-order valence-corrected chi connectivity index (χ1v) is 9.66. The van der Waals surface area contributed by atoms with E-state index in [2.05, 4.69) is 10.3 Å². The zero-order valence-corrected chi connectivity index (χ0v) is 17.2. The van der Waals surface area contributed by atoms with E-state index in [0.29, 0.717) is 11.4 Å². The van der Waals surface area contributed by atoms with Crippen LogP contribution in [0.3, 0.4) is 0 Å². The number of nitriles is 1. The van der Waals surface area contributed by atoms with Gasteiger partial charge < -0.3 is 20.2 Å². The summed E-state index contributed by atoms with van der Waals surface area (Å²) in [5.74, 6) is -1.18. The minimum Gasteiger partial charge on any atom is -0.477 e. The largest absolute Gasteiger partial charge is 0.477 e. The third-order valence-corrected chi connectivity index (χ3v) is 5.24. The van der Waals surface area contributed by atoms with Crippen molar-refractivity contribution in [3.05, 3.63) is 53.3 Å². The number of halogens is 3. The number of nitrogens with zero attached hydrogens (tertiary/aromatic N) is 4. The maximum Gasteiger partial charge on any atom is 0.417 e. The Hall–Kier alpha value is -3.81. The SMILES string of the molecule is C[C@@H]1CN(c2ccc(C#N)c(C(F)(F)F)c2)[C@@H](C)CN1C(=O)Nc1ccc(C(=O)O)nc1. The molecule has 8 nitrogen and oxygen atoms in total. The highest BCUT2D eigenvalue weighted by atomic mass is 19.4. The number of rotatable bonds is 3. The Morgan fingerprint density at radius 1 is 1.19 bits per heavy atom. The molecule has 1 fully saturated rings. The van der Waals surface area contributed by atoms with Crippen molar-refractivity contribution < 1.29 is 27.9 Å². The van der Waals surface area contributed by atoms with E-state index in [-0.39, 0.29) is 30.9 Å². The topological polar surface area (TPSA) is 110 Å². The Morgan fingerprint density at radius 3 is 2.47 bits per heavy atom. The number of anilines is 2. The highest BCUT2D eigenvalue weighted by Crippen LogP contribution is 2.35. The monoisotopic (exact) mass is 447 g/mol. The Labute approximate surface area is 181 Å². The van der Waals surface area contributed by atoms with Gasteiger partial charge in [0.1, 0.15) is 5.69 Å². The predicted molar refractivity (Wildman–Crippen MR) is 109 cm³/mol. The number of aromatic nitrogens is 1. The Bertz CT molecular complexity index is 1070. The van der Waals surface area contributed by atoms with Crippen molar-refractivity contribution >= 4 is 23.4 Å². The quantitative estimate of drug-likeness (QED) is 0.741. The van der Waals surface area contributed by atoms with Gasteiger partial charge in [-0.25, -0.2) is 14.6 Å². The second-order valence-electron chi connectivity index (χ2n) is 7.51. The second-order valence-corrected chi connectivity index (χ2v) is 7.51. The molecular weight excluding hydrogens is 427 g/mol. The number of benzene rings is 1. The average molecular weight is 447 g/mol. The van der Waals surface area contributed by atoms with Crippen LogP contribution >= 0.6 is 0 Å². The summed E-state index contributed by atoms with van der Waals surface area (Å²) in [4.78, 5) is 30.7. The van der Waals surface area contributed by atoms with Crippen molar-refractivity contribution in [1.29, 1.82) is 5.26 Å². The number of carboxylic acids is 1. The number of carbonyl (C=O) groups excluding carboxylic acids is 1. The molecule has 0 saturated carbocycles. The second kappa shape index (κ2) is 8.74. The Balaban J connectivity index is 1.74. The normalized spacial score (nSPS) is 18.8. The van der Waals surface area contributed by atoms with E-state index in [0.717, 1.165) is 12.1 Å². The molecule has 0 spiro atoms. The number of aromatic carboxylic acids is 1. The molecular formula is C21H20F3N5O3. The number of pyridine rings is 1. The molecule has 2 heterocycles. The first-order chi connectivity index (χ1) is 15.0. The van der Waals surface area contributed by atoms with Gasteiger partial charge in [-0.05, 0) is 44.2 Å². The number of piperazine rings is 1. The zero-order chi connectivity index (χ0) is 23.6. The number of carboxylic acid groups (broad SMARTS) is 1. The van der Waals surface area contributed by atoms with Gasteiger partial charge in [0.15, 0.2) is 0 Å². The van der Waals surface area contributed by atoms with Crippen molar-refractivity contribution in [2.24, 2.45) is 0 Å². The van der Waals surface area contributed by atoms with E-state index < -0.39 is 29.3 Å². The van der Waals surface area contributed by atoms with Crippen LogP contribution in [-0.4, -0.2) is 52.2 Å². The highest BCUT2D eigenvalue weighted by molar-refractivity contribution is 5.90. The fourth-order valence-corrected chi connectivity index (χ4v) is 3.60. The molecule has 2 atom stereocenters. The maximum absolute atomic E-state index is 13.3. The van der Waals surface area contributed by atoms with E-state index in [1.165, 1.54) is 24.4 Å². The van der Waals surface area contributed by atoms with E-state index >= 15 is 0 Å². The van der Waals surface area contributed by atoms with E-state index in [1.807, 2.05) is 0 Å². The molecule has 168 valence electrons. The van der Waals surface area contributed by atoms with Crippen LogP contribution in [0.5, 0.6) is 0 Å². The fourth-order valence-electron chi connectivity index (χ4n) is 3.60. The van der Waals surface area contributed by atoms with Gasteiger partial charge >= 0.3 is 18.2 Å². The van der Waals surface area contributed by atoms with Gasteiger partial charge in [0.2, 0.25) is 0 Å². The van der Waals surface area contributed by atoms with E-state index in [9.17, 15) is 22.8 Å². The third kappa shape index (κ3) is 4.74. The maximum atomic E-state index is 13.3. The van der Waals surface area contributed by atoms with Gasteiger partial charge in [0.05, 0.1) is 29.1 Å². The standard InChI is InChI=1S/C21H20F3N5O3/c1-12-11-29(20(32)27-15-4-6-18(19(30)31)26-9-15)13(2)10-28(12)16-5-3-14(8-25)17(7-16)21(22,23)24/h3-7,9,12-13H,10-11H2,1-2H3,(H,27,32)(H,30,31)/t12-,13+/m0/s1. The van der Waals surface area contributed by atoms with Crippen molar-refractivity contribution in [1.82, 2.24) is 9.88 Å². The molecule has 1 aromatic carbocycles. The van der Waals surface area contributed by atoms with Crippen molar-refractivity contribution in [2.75, 3.05) is 23.3 Å². The first kappa shape index (κ1) is 22.9. The fraction of sp³-hybridized carbons (Fsp3) is 0.333. The summed E-state index contributed by atoms with van der Waals surface area (Å²) in [5, 5.41) is 20.5. The average Bonchev–Trinajstić information content (AvgIpc) is 2.74. The summed E-state index contributed by atoms with van der Waals surface area (Å²) in [7, 11) is 0. The van der Waals surface area contributed by atoms with Crippen LogP contribution in [0, 0.1) is 11.3 Å². The van der Waals surface area contributed by atoms with Crippen LogP contribution in [0.2, 0.25) is 0 Å².